The fourth-order valence-electron chi connectivity index (χ4n) is 4.45. The van der Waals surface area contributed by atoms with Gasteiger partial charge in [0, 0.05) is 23.8 Å². The average molecular weight is 412 g/mol. The van der Waals surface area contributed by atoms with Gasteiger partial charge in [-0.3, -0.25) is 0 Å². The Balaban J connectivity index is 1.59. The minimum Gasteiger partial charge on any atom is -0.371 e. The average Bonchev–Trinajstić information content (AvgIpc) is 3.37. The molecular weight excluding hydrogens is 393 g/mol. The van der Waals surface area contributed by atoms with Gasteiger partial charge in [0.25, 0.3) is 0 Å². The molecule has 0 amide bonds. The Morgan fingerprint density at radius 1 is 1.03 bits per heavy atom. The van der Waals surface area contributed by atoms with E-state index < -0.39 is 11.8 Å². The van der Waals surface area contributed by atoms with Crippen LogP contribution >= 0.6 is 0 Å². The van der Waals surface area contributed by atoms with Crippen molar-refractivity contribution in [3.63, 3.8) is 0 Å². The van der Waals surface area contributed by atoms with Crippen molar-refractivity contribution >= 4 is 5.52 Å². The molecule has 0 saturated carbocycles. The van der Waals surface area contributed by atoms with Gasteiger partial charge in [-0.05, 0) is 42.2 Å². The molecule has 1 aliphatic carbocycles. The zero-order valence-electron chi connectivity index (χ0n) is 15.9. The molecule has 5 rings (SSSR count). The van der Waals surface area contributed by atoms with E-state index in [1.54, 1.807) is 6.07 Å². The maximum absolute atomic E-state index is 14.2. The monoisotopic (exact) mass is 412 g/mol. The summed E-state index contributed by atoms with van der Waals surface area (Å²) in [7, 11) is 0. The van der Waals surface area contributed by atoms with E-state index in [0.717, 1.165) is 23.8 Å². The summed E-state index contributed by atoms with van der Waals surface area (Å²) in [5.74, 6) is 0. The van der Waals surface area contributed by atoms with Crippen molar-refractivity contribution in [1.82, 2.24) is 19.4 Å². The second-order valence-corrected chi connectivity index (χ2v) is 7.65. The quantitative estimate of drug-likeness (QED) is 0.552. The van der Waals surface area contributed by atoms with Gasteiger partial charge in [0.1, 0.15) is 5.69 Å². The third kappa shape index (κ3) is 2.74. The number of aliphatic hydroxyl groups is 1. The van der Waals surface area contributed by atoms with Crippen LogP contribution in [0.15, 0.2) is 67.0 Å². The summed E-state index contributed by atoms with van der Waals surface area (Å²) >= 11 is 0. The van der Waals surface area contributed by atoms with Crippen LogP contribution < -0.4 is 0 Å². The molecule has 0 saturated heterocycles. The molecular formula is C22H19F3N4O. The predicted molar refractivity (Wildman–Crippen MR) is 104 cm³/mol. The molecule has 5 nitrogen and oxygen atoms in total. The Morgan fingerprint density at radius 2 is 1.80 bits per heavy atom. The van der Waals surface area contributed by atoms with Crippen LogP contribution in [0.1, 0.15) is 35.0 Å². The van der Waals surface area contributed by atoms with Crippen LogP contribution in [0.3, 0.4) is 0 Å². The summed E-state index contributed by atoms with van der Waals surface area (Å²) in [6.45, 7) is 0. The van der Waals surface area contributed by atoms with Gasteiger partial charge in [0.15, 0.2) is 0 Å². The molecule has 2 atom stereocenters. The Kier molecular flexibility index (Phi) is 4.21. The number of benzene rings is 1. The minimum absolute atomic E-state index is 0.259. The van der Waals surface area contributed by atoms with Crippen LogP contribution in [0, 0.1) is 0 Å². The van der Waals surface area contributed by atoms with Crippen LogP contribution in [0.5, 0.6) is 0 Å². The topological polar surface area (TPSA) is 55.4 Å². The summed E-state index contributed by atoms with van der Waals surface area (Å²) in [6.07, 6.45) is -0.122. The Hall–Kier alpha value is -3.13. The number of nitrogens with zero attached hydrogens (tertiary/aromatic N) is 4. The van der Waals surface area contributed by atoms with E-state index in [1.807, 2.05) is 24.4 Å². The molecule has 1 aliphatic rings. The number of aryl methyl sites for hydroxylation is 1. The first-order chi connectivity index (χ1) is 14.4. The van der Waals surface area contributed by atoms with Gasteiger partial charge in [0.05, 0.1) is 12.2 Å². The van der Waals surface area contributed by atoms with E-state index in [4.69, 9.17) is 0 Å². The number of rotatable bonds is 3. The second-order valence-electron chi connectivity index (χ2n) is 7.65. The molecule has 3 aromatic heterocycles. The highest BCUT2D eigenvalue weighted by Crippen LogP contribution is 2.45. The summed E-state index contributed by atoms with van der Waals surface area (Å²) < 4.78 is 45.8. The van der Waals surface area contributed by atoms with Gasteiger partial charge in [-0.15, -0.1) is 5.10 Å². The maximum Gasteiger partial charge on any atom is 0.427 e. The Labute approximate surface area is 170 Å². The first-order valence-corrected chi connectivity index (χ1v) is 9.72. The highest BCUT2D eigenvalue weighted by molar-refractivity contribution is 5.54. The normalized spacial score (nSPS) is 18.9. The molecule has 0 spiro atoms. The van der Waals surface area contributed by atoms with Gasteiger partial charge >= 0.3 is 6.18 Å². The van der Waals surface area contributed by atoms with Gasteiger partial charge in [-0.2, -0.15) is 13.2 Å². The molecule has 1 N–H and O–H groups in total. The van der Waals surface area contributed by atoms with Crippen LogP contribution in [0.25, 0.3) is 5.52 Å². The highest BCUT2D eigenvalue weighted by Gasteiger charge is 2.58. The fourth-order valence-corrected chi connectivity index (χ4v) is 4.45. The fraction of sp³-hybridized carbons (Fsp3) is 0.273. The molecule has 0 bridgehead atoms. The molecule has 2 unspecified atom stereocenters. The Morgan fingerprint density at radius 3 is 2.57 bits per heavy atom. The molecule has 0 fully saturated rings. The standard InChI is InChI=1S/C22H19F3N4O/c23-22(24,25)21(30,16-6-2-1-3-7-16)20-14-26-27-29(20)18-10-9-15-12-17-8-4-5-11-28(17)19(15)13-18/h1-8,11-12,14,18,30H,9-10,13H2. The number of alkyl halides is 3. The van der Waals surface area contributed by atoms with E-state index in [2.05, 4.69) is 20.8 Å². The van der Waals surface area contributed by atoms with Gasteiger partial charge in [-0.1, -0.05) is 41.6 Å². The van der Waals surface area contributed by atoms with Gasteiger partial charge in [0.2, 0.25) is 5.60 Å². The van der Waals surface area contributed by atoms with Crippen molar-refractivity contribution in [2.45, 2.75) is 37.1 Å². The van der Waals surface area contributed by atoms with Crippen LogP contribution in [-0.4, -0.2) is 30.7 Å². The second kappa shape index (κ2) is 6.70. The summed E-state index contributed by atoms with van der Waals surface area (Å²) in [4.78, 5) is 0. The summed E-state index contributed by atoms with van der Waals surface area (Å²) in [6, 6.07) is 14.7. The molecule has 30 heavy (non-hydrogen) atoms. The van der Waals surface area contributed by atoms with E-state index in [1.165, 1.54) is 34.5 Å². The van der Waals surface area contributed by atoms with Gasteiger partial charge < -0.3 is 9.51 Å². The minimum atomic E-state index is -4.94. The lowest BCUT2D eigenvalue weighted by atomic mass is 9.88. The van der Waals surface area contributed by atoms with Crippen molar-refractivity contribution in [3.8, 4) is 0 Å². The van der Waals surface area contributed by atoms with Crippen LogP contribution in [0.4, 0.5) is 13.2 Å². The number of halogens is 3. The molecule has 0 radical (unpaired) electrons. The third-order valence-electron chi connectivity index (χ3n) is 5.94. The van der Waals surface area contributed by atoms with Crippen molar-refractivity contribution in [3.05, 3.63) is 89.5 Å². The largest absolute Gasteiger partial charge is 0.427 e. The SMILES string of the molecule is OC(c1ccccc1)(c1cnnn1C1CCc2cc3ccccn3c2C1)C(F)(F)F. The van der Waals surface area contributed by atoms with Crippen molar-refractivity contribution in [2.24, 2.45) is 0 Å². The molecule has 1 aromatic carbocycles. The summed E-state index contributed by atoms with van der Waals surface area (Å²) in [5.41, 5.74) is -0.523. The lowest BCUT2D eigenvalue weighted by molar-refractivity contribution is -0.251. The van der Waals surface area contributed by atoms with Crippen LogP contribution in [-0.2, 0) is 18.4 Å². The maximum atomic E-state index is 14.2. The molecule has 8 heteroatoms. The van der Waals surface area contributed by atoms with Crippen molar-refractivity contribution in [2.75, 3.05) is 0 Å². The number of pyridine rings is 1. The number of aromatic nitrogens is 4. The van der Waals surface area contributed by atoms with Gasteiger partial charge in [-0.25, -0.2) is 4.68 Å². The summed E-state index contributed by atoms with van der Waals surface area (Å²) in [5, 5.41) is 18.7. The predicted octanol–water partition coefficient (Wildman–Crippen LogP) is 4.06. The third-order valence-corrected chi connectivity index (χ3v) is 5.94. The number of hydrogen-bond acceptors (Lipinski definition) is 3. The molecule has 0 aliphatic heterocycles. The number of fused-ring (bicyclic) bond motifs is 3. The van der Waals surface area contributed by atoms with E-state index in [-0.39, 0.29) is 17.3 Å². The van der Waals surface area contributed by atoms with Crippen LogP contribution in [0.2, 0.25) is 0 Å². The van der Waals surface area contributed by atoms with Crippen molar-refractivity contribution < 1.29 is 18.3 Å². The first kappa shape index (κ1) is 18.9. The Bertz CT molecular complexity index is 1200. The molecule has 154 valence electrons. The molecule has 3 heterocycles. The van der Waals surface area contributed by atoms with E-state index >= 15 is 0 Å². The lowest BCUT2D eigenvalue weighted by Gasteiger charge is -2.33. The van der Waals surface area contributed by atoms with E-state index in [9.17, 15) is 18.3 Å². The smallest absolute Gasteiger partial charge is 0.371 e. The van der Waals surface area contributed by atoms with Crippen molar-refractivity contribution in [1.29, 1.82) is 0 Å². The lowest BCUT2D eigenvalue weighted by Crippen LogP contribution is -2.45. The molecule has 4 aromatic rings. The van der Waals surface area contributed by atoms with E-state index in [0.29, 0.717) is 12.8 Å². The first-order valence-electron chi connectivity index (χ1n) is 9.72. The zero-order valence-corrected chi connectivity index (χ0v) is 15.9. The number of hydrogen-bond donors (Lipinski definition) is 1. The zero-order chi connectivity index (χ0) is 20.9. The highest BCUT2D eigenvalue weighted by atomic mass is 19.4.